The second-order valence-corrected chi connectivity index (χ2v) is 14.0. The van der Waals surface area contributed by atoms with Crippen molar-refractivity contribution in [3.05, 3.63) is 76.9 Å². The maximum atomic E-state index is 12.8. The molecule has 2 aromatic heterocycles. The molecule has 0 atom stereocenters. The van der Waals surface area contributed by atoms with Gasteiger partial charge in [-0.3, -0.25) is 4.79 Å². The highest BCUT2D eigenvalue weighted by Gasteiger charge is 2.51. The molecule has 0 saturated carbocycles. The Bertz CT molecular complexity index is 1750. The van der Waals surface area contributed by atoms with Crippen LogP contribution in [0.15, 0.2) is 60.9 Å². The summed E-state index contributed by atoms with van der Waals surface area (Å²) in [7, 11) is 3.52. The first-order valence-electron chi connectivity index (χ1n) is 15.3. The highest BCUT2D eigenvalue weighted by Crippen LogP contribution is 2.39. The number of nitrogens with one attached hydrogen (secondary N) is 1. The van der Waals surface area contributed by atoms with Crippen LogP contribution in [0.1, 0.15) is 43.7 Å². The molecule has 1 saturated heterocycles. The van der Waals surface area contributed by atoms with Crippen LogP contribution in [0, 0.1) is 6.92 Å². The third-order valence-corrected chi connectivity index (χ3v) is 9.85. The van der Waals surface area contributed by atoms with Gasteiger partial charge < -0.3 is 29.2 Å². The molecular formula is C34H40BN5O4S. The van der Waals surface area contributed by atoms with Crippen LogP contribution in [0.25, 0.3) is 10.2 Å². The second kappa shape index (κ2) is 12.2. The van der Waals surface area contributed by atoms with E-state index in [1.165, 1.54) is 5.56 Å². The summed E-state index contributed by atoms with van der Waals surface area (Å²) in [5.74, 6) is 2.29. The number of likely N-dealkylation sites (N-methyl/N-ethyl adjacent to an activating group) is 1. The molecule has 0 aliphatic carbocycles. The molecule has 2 aromatic carbocycles. The first-order chi connectivity index (χ1) is 21.4. The van der Waals surface area contributed by atoms with Crippen molar-refractivity contribution in [2.45, 2.75) is 58.8 Å². The normalized spacial score (nSPS) is 17.3. The van der Waals surface area contributed by atoms with Crippen molar-refractivity contribution in [1.82, 2.24) is 19.8 Å². The quantitative estimate of drug-likeness (QED) is 0.193. The van der Waals surface area contributed by atoms with Gasteiger partial charge in [-0.15, -0.1) is 11.3 Å². The Balaban J connectivity index is 1.16. The summed E-state index contributed by atoms with van der Waals surface area (Å²) in [6.45, 7) is 12.2. The average molecular weight is 626 g/mol. The number of hydrogen-bond acceptors (Lipinski definition) is 9. The Morgan fingerprint density at radius 3 is 2.64 bits per heavy atom. The predicted molar refractivity (Wildman–Crippen MR) is 181 cm³/mol. The minimum absolute atomic E-state index is 0.0435. The number of aryl methyl sites for hydroxylation is 1. The van der Waals surface area contributed by atoms with Crippen molar-refractivity contribution >= 4 is 51.5 Å². The van der Waals surface area contributed by atoms with Crippen molar-refractivity contribution in [3.8, 4) is 11.5 Å². The number of benzene rings is 2. The van der Waals surface area contributed by atoms with E-state index in [4.69, 9.17) is 14.0 Å². The van der Waals surface area contributed by atoms with Crippen molar-refractivity contribution in [1.29, 1.82) is 0 Å². The lowest BCUT2D eigenvalue weighted by molar-refractivity contribution is -0.126. The first-order valence-corrected chi connectivity index (χ1v) is 16.1. The molecule has 0 radical (unpaired) electrons. The van der Waals surface area contributed by atoms with Gasteiger partial charge in [0.05, 0.1) is 23.1 Å². The van der Waals surface area contributed by atoms with E-state index in [0.29, 0.717) is 18.8 Å². The van der Waals surface area contributed by atoms with Gasteiger partial charge in [0, 0.05) is 29.7 Å². The lowest BCUT2D eigenvalue weighted by Crippen LogP contribution is -2.41. The van der Waals surface area contributed by atoms with Crippen molar-refractivity contribution in [3.63, 3.8) is 0 Å². The van der Waals surface area contributed by atoms with E-state index in [1.54, 1.807) is 23.7 Å². The number of thiophene rings is 1. The van der Waals surface area contributed by atoms with Crippen LogP contribution in [0.3, 0.4) is 0 Å². The third-order valence-electron chi connectivity index (χ3n) is 8.73. The van der Waals surface area contributed by atoms with Gasteiger partial charge in [0.25, 0.3) is 0 Å². The fourth-order valence-electron chi connectivity index (χ4n) is 5.49. The zero-order valence-corrected chi connectivity index (χ0v) is 27.8. The van der Waals surface area contributed by atoms with Gasteiger partial charge in [-0.2, -0.15) is 0 Å². The van der Waals surface area contributed by atoms with E-state index in [2.05, 4.69) is 49.0 Å². The van der Waals surface area contributed by atoms with Crippen LogP contribution >= 0.6 is 11.3 Å². The minimum atomic E-state index is -0.452. The number of hydrogen-bond donors (Lipinski definition) is 1. The summed E-state index contributed by atoms with van der Waals surface area (Å²) >= 11 is 1.64. The zero-order valence-electron chi connectivity index (χ0n) is 27.0. The van der Waals surface area contributed by atoms with Gasteiger partial charge in [-0.25, -0.2) is 9.97 Å². The molecule has 4 aromatic rings. The maximum Gasteiger partial charge on any atom is 0.494 e. The number of nitrogens with zero attached hydrogens (tertiary/aromatic N) is 4. The van der Waals surface area contributed by atoms with Gasteiger partial charge in [0.2, 0.25) is 5.91 Å². The fraction of sp³-hybridized carbons (Fsp3) is 0.382. The van der Waals surface area contributed by atoms with Gasteiger partial charge in [0.15, 0.2) is 0 Å². The van der Waals surface area contributed by atoms with E-state index in [0.717, 1.165) is 56.3 Å². The number of anilines is 2. The Morgan fingerprint density at radius 1 is 1.13 bits per heavy atom. The average Bonchev–Trinajstić information content (AvgIpc) is 3.47. The number of ether oxygens (including phenoxy) is 1. The molecular weight excluding hydrogens is 585 g/mol. The standard InChI is InChI=1S/C34H40BN5O4S/c1-22-18-24(13-14-27(22)42-25-11-8-10-23(19-25)35-43-33(2,3)34(4,5)44-35)38-31-30-26-15-17-40(29(41)12-9-16-39(6)7)20-28(26)45-32(30)37-21-36-31/h8-14,18-19,21H,15-17,20H2,1-7H3,(H,36,37,38)/b12-9+. The van der Waals surface area contributed by atoms with E-state index >= 15 is 0 Å². The molecule has 1 amide bonds. The minimum Gasteiger partial charge on any atom is -0.457 e. The second-order valence-electron chi connectivity index (χ2n) is 12.9. The highest BCUT2D eigenvalue weighted by atomic mass is 32.1. The molecule has 1 N–H and O–H groups in total. The SMILES string of the molecule is Cc1cc(Nc2ncnc3sc4c(c23)CCN(C(=O)/C=C/CN(C)C)C4)ccc1Oc1cccc(B2OC(C)(C)C(C)(C)O2)c1. The zero-order chi connectivity index (χ0) is 31.9. The van der Waals surface area contributed by atoms with E-state index < -0.39 is 18.3 Å². The Morgan fingerprint density at radius 2 is 1.91 bits per heavy atom. The molecule has 11 heteroatoms. The first kappa shape index (κ1) is 31.2. The summed E-state index contributed by atoms with van der Waals surface area (Å²) in [6.07, 6.45) is 5.95. The Hall–Kier alpha value is -3.77. The largest absolute Gasteiger partial charge is 0.494 e. The molecule has 0 unspecified atom stereocenters. The highest BCUT2D eigenvalue weighted by molar-refractivity contribution is 7.19. The molecule has 234 valence electrons. The van der Waals surface area contributed by atoms with Gasteiger partial charge in [-0.05, 0) is 102 Å². The van der Waals surface area contributed by atoms with Crippen LogP contribution in [0.2, 0.25) is 0 Å². The van der Waals surface area contributed by atoms with E-state index in [-0.39, 0.29) is 5.91 Å². The molecule has 2 aliphatic rings. The summed E-state index contributed by atoms with van der Waals surface area (Å²) in [5.41, 5.74) is 3.21. The third kappa shape index (κ3) is 6.49. The number of aromatic nitrogens is 2. The van der Waals surface area contributed by atoms with Gasteiger partial charge in [-0.1, -0.05) is 18.2 Å². The number of carbonyl (C=O) groups is 1. The monoisotopic (exact) mass is 625 g/mol. The molecule has 0 bridgehead atoms. The summed E-state index contributed by atoms with van der Waals surface area (Å²) < 4.78 is 18.8. The topological polar surface area (TPSA) is 89.1 Å². The van der Waals surface area contributed by atoms with Crippen LogP contribution in [0.5, 0.6) is 11.5 Å². The smallest absolute Gasteiger partial charge is 0.457 e. The van der Waals surface area contributed by atoms with Gasteiger partial charge >= 0.3 is 7.12 Å². The maximum absolute atomic E-state index is 12.8. The van der Waals surface area contributed by atoms with Crippen molar-refractivity contribution in [2.24, 2.45) is 0 Å². The summed E-state index contributed by atoms with van der Waals surface area (Å²) in [6, 6.07) is 13.9. The van der Waals surface area contributed by atoms with Crippen molar-refractivity contribution in [2.75, 3.05) is 32.5 Å². The number of carbonyl (C=O) groups excluding carboxylic acids is 1. The van der Waals surface area contributed by atoms with Crippen LogP contribution in [-0.4, -0.2) is 71.2 Å². The molecule has 4 heterocycles. The van der Waals surface area contributed by atoms with Gasteiger partial charge in [0.1, 0.15) is 28.5 Å². The molecule has 45 heavy (non-hydrogen) atoms. The molecule has 2 aliphatic heterocycles. The van der Waals surface area contributed by atoms with Crippen LogP contribution in [-0.2, 0) is 27.1 Å². The van der Waals surface area contributed by atoms with E-state index in [9.17, 15) is 4.79 Å². The lowest BCUT2D eigenvalue weighted by atomic mass is 9.79. The lowest BCUT2D eigenvalue weighted by Gasteiger charge is -2.32. The number of rotatable bonds is 8. The predicted octanol–water partition coefficient (Wildman–Crippen LogP) is 5.84. The number of fused-ring (bicyclic) bond motifs is 3. The van der Waals surface area contributed by atoms with Crippen LogP contribution < -0.4 is 15.5 Å². The van der Waals surface area contributed by atoms with Crippen molar-refractivity contribution < 1.29 is 18.8 Å². The molecule has 0 spiro atoms. The Kier molecular flexibility index (Phi) is 8.47. The van der Waals surface area contributed by atoms with E-state index in [1.807, 2.05) is 73.3 Å². The molecule has 1 fully saturated rings. The number of amides is 1. The summed E-state index contributed by atoms with van der Waals surface area (Å²) in [5, 5.41) is 4.55. The summed E-state index contributed by atoms with van der Waals surface area (Å²) in [4.78, 5) is 28.0. The van der Waals surface area contributed by atoms with Crippen LogP contribution in [0.4, 0.5) is 11.5 Å². The molecule has 6 rings (SSSR count). The molecule has 9 nitrogen and oxygen atoms in total. The fourth-order valence-corrected chi connectivity index (χ4v) is 6.69. The Labute approximate surface area is 269 Å².